The third kappa shape index (κ3) is 5.15. The minimum absolute atomic E-state index is 0.332. The molecule has 0 aromatic rings. The second-order valence-corrected chi connectivity index (χ2v) is 5.12. The highest BCUT2D eigenvalue weighted by Gasteiger charge is 2.18. The monoisotopic (exact) mass is 224 g/mol. The molecule has 0 saturated carbocycles. The van der Waals surface area contributed by atoms with Crippen LogP contribution in [0.25, 0.3) is 0 Å². The summed E-state index contributed by atoms with van der Waals surface area (Å²) in [6, 6.07) is 0. The van der Waals surface area contributed by atoms with E-state index in [4.69, 9.17) is 10.8 Å². The molecule has 0 aliphatic heterocycles. The van der Waals surface area contributed by atoms with E-state index < -0.39 is 16.0 Å². The van der Waals surface area contributed by atoms with Crippen molar-refractivity contribution in [3.05, 3.63) is 0 Å². The van der Waals surface area contributed by atoms with Crippen LogP contribution >= 0.6 is 0 Å². The first-order valence-electron chi connectivity index (χ1n) is 4.26. The van der Waals surface area contributed by atoms with Crippen LogP contribution in [-0.2, 0) is 14.8 Å². The van der Waals surface area contributed by atoms with Crippen molar-refractivity contribution >= 4 is 16.0 Å². The van der Waals surface area contributed by atoms with Gasteiger partial charge in [0.1, 0.15) is 0 Å². The topological polar surface area (TPSA) is 101 Å². The van der Waals surface area contributed by atoms with Crippen molar-refractivity contribution in [1.29, 1.82) is 0 Å². The zero-order chi connectivity index (χ0) is 11.2. The maximum Gasteiger partial charge on any atom is 0.304 e. The van der Waals surface area contributed by atoms with Gasteiger partial charge in [0.15, 0.2) is 0 Å². The Morgan fingerprint density at radius 2 is 2.07 bits per heavy atom. The summed E-state index contributed by atoms with van der Waals surface area (Å²) in [4.78, 5) is 10.2. The molecular weight excluding hydrogens is 208 g/mol. The Morgan fingerprint density at radius 1 is 1.50 bits per heavy atom. The third-order valence-corrected chi connectivity index (χ3v) is 3.58. The Hall–Kier alpha value is -0.660. The molecule has 7 heteroatoms. The fourth-order valence-electron chi connectivity index (χ4n) is 0.825. The van der Waals surface area contributed by atoms with E-state index in [9.17, 15) is 13.2 Å². The molecule has 0 radical (unpaired) electrons. The van der Waals surface area contributed by atoms with E-state index in [0.717, 1.165) is 4.31 Å². The lowest BCUT2D eigenvalue weighted by atomic mass is 10.4. The van der Waals surface area contributed by atoms with Crippen LogP contribution in [0.1, 0.15) is 12.8 Å². The zero-order valence-electron chi connectivity index (χ0n) is 8.14. The average molecular weight is 224 g/mol. The Labute approximate surface area is 83.7 Å². The number of hydrogen-bond acceptors (Lipinski definition) is 4. The third-order valence-electron chi connectivity index (χ3n) is 1.73. The number of aliphatic carboxylic acids is 1. The quantitative estimate of drug-likeness (QED) is 0.582. The van der Waals surface area contributed by atoms with Gasteiger partial charge in [-0.2, -0.15) is 0 Å². The maximum atomic E-state index is 11.4. The highest BCUT2D eigenvalue weighted by atomic mass is 32.2. The molecule has 3 N–H and O–H groups in total. The molecule has 6 nitrogen and oxygen atoms in total. The van der Waals surface area contributed by atoms with Crippen LogP contribution in [0.3, 0.4) is 0 Å². The van der Waals surface area contributed by atoms with Gasteiger partial charge in [-0.1, -0.05) is 0 Å². The molecule has 0 aromatic carbocycles. The summed E-state index contributed by atoms with van der Waals surface area (Å²) in [6.07, 6.45) is 0.206. The zero-order valence-corrected chi connectivity index (χ0v) is 8.96. The molecule has 0 amide bonds. The van der Waals surface area contributed by atoms with Crippen LogP contribution in [0.2, 0.25) is 0 Å². The lowest BCUT2D eigenvalue weighted by Crippen LogP contribution is -2.31. The molecule has 14 heavy (non-hydrogen) atoms. The summed E-state index contributed by atoms with van der Waals surface area (Å²) in [6.45, 7) is 0.747. The minimum atomic E-state index is -3.43. The van der Waals surface area contributed by atoms with Crippen LogP contribution in [0.4, 0.5) is 0 Å². The van der Waals surface area contributed by atoms with Gasteiger partial charge in [0.2, 0.25) is 10.0 Å². The number of carboxylic acid groups (broad SMARTS) is 1. The van der Waals surface area contributed by atoms with Crippen LogP contribution in [-0.4, -0.2) is 49.7 Å². The summed E-state index contributed by atoms with van der Waals surface area (Å²) in [5.41, 5.74) is 5.23. The number of nitrogens with two attached hydrogens (primary N) is 1. The van der Waals surface area contributed by atoms with E-state index in [1.807, 2.05) is 0 Å². The predicted molar refractivity (Wildman–Crippen MR) is 52.3 cm³/mol. The second kappa shape index (κ2) is 5.94. The number of rotatable bonds is 7. The smallest absolute Gasteiger partial charge is 0.304 e. The molecule has 0 fully saturated rings. The van der Waals surface area contributed by atoms with Crippen molar-refractivity contribution in [3.63, 3.8) is 0 Å². The second-order valence-electron chi connectivity index (χ2n) is 2.92. The molecule has 0 heterocycles. The summed E-state index contributed by atoms with van der Waals surface area (Å²) < 4.78 is 23.9. The largest absolute Gasteiger partial charge is 0.481 e. The number of sulfonamides is 1. The lowest BCUT2D eigenvalue weighted by Gasteiger charge is -2.15. The SMILES string of the molecule is CN(CCCN)S(=O)(=O)CCC(=O)O. The predicted octanol–water partition coefficient (Wildman–Crippen LogP) is -0.928. The molecule has 0 unspecified atom stereocenters. The Balaban J connectivity index is 4.10. The lowest BCUT2D eigenvalue weighted by molar-refractivity contribution is -0.136. The number of hydrogen-bond donors (Lipinski definition) is 2. The van der Waals surface area contributed by atoms with E-state index in [-0.39, 0.29) is 12.2 Å². The van der Waals surface area contributed by atoms with Crippen molar-refractivity contribution in [1.82, 2.24) is 4.31 Å². The first-order chi connectivity index (χ1) is 6.40. The average Bonchev–Trinajstić information content (AvgIpc) is 2.11. The van der Waals surface area contributed by atoms with Crippen LogP contribution in [0.5, 0.6) is 0 Å². The van der Waals surface area contributed by atoms with E-state index in [0.29, 0.717) is 19.5 Å². The Morgan fingerprint density at radius 3 is 2.50 bits per heavy atom. The Bertz CT molecular complexity index is 275. The summed E-state index contributed by atoms with van der Waals surface area (Å²) in [7, 11) is -2.01. The molecule has 0 aromatic heterocycles. The van der Waals surface area contributed by atoms with E-state index in [2.05, 4.69) is 0 Å². The molecule has 0 bridgehead atoms. The number of nitrogens with zero attached hydrogens (tertiary/aromatic N) is 1. The number of carbonyl (C=O) groups is 1. The van der Waals surface area contributed by atoms with Gasteiger partial charge in [0.05, 0.1) is 12.2 Å². The standard InChI is InChI=1S/C7H16N2O4S/c1-9(5-2-4-8)14(12,13)6-3-7(10)11/h2-6,8H2,1H3,(H,10,11). The molecular formula is C7H16N2O4S. The highest BCUT2D eigenvalue weighted by molar-refractivity contribution is 7.89. The summed E-state index contributed by atoms with van der Waals surface area (Å²) in [5.74, 6) is -1.47. The fraction of sp³-hybridized carbons (Fsp3) is 0.857. The van der Waals surface area contributed by atoms with Gasteiger partial charge >= 0.3 is 5.97 Å². The van der Waals surface area contributed by atoms with Gasteiger partial charge in [-0.3, -0.25) is 4.79 Å². The molecule has 0 aliphatic carbocycles. The van der Waals surface area contributed by atoms with Gasteiger partial charge in [0.25, 0.3) is 0 Å². The van der Waals surface area contributed by atoms with Crippen molar-refractivity contribution in [2.45, 2.75) is 12.8 Å². The van der Waals surface area contributed by atoms with E-state index >= 15 is 0 Å². The van der Waals surface area contributed by atoms with Crippen LogP contribution in [0.15, 0.2) is 0 Å². The minimum Gasteiger partial charge on any atom is -0.481 e. The molecule has 0 atom stereocenters. The van der Waals surface area contributed by atoms with Gasteiger partial charge in [-0.05, 0) is 13.0 Å². The molecule has 0 rings (SSSR count). The van der Waals surface area contributed by atoms with Crippen molar-refractivity contribution in [3.8, 4) is 0 Å². The highest BCUT2D eigenvalue weighted by Crippen LogP contribution is 2.01. The van der Waals surface area contributed by atoms with E-state index in [1.165, 1.54) is 7.05 Å². The maximum absolute atomic E-state index is 11.4. The first-order valence-corrected chi connectivity index (χ1v) is 5.87. The molecule has 0 spiro atoms. The van der Waals surface area contributed by atoms with Crippen molar-refractivity contribution in [2.75, 3.05) is 25.9 Å². The molecule has 84 valence electrons. The summed E-state index contributed by atoms with van der Waals surface area (Å²) >= 11 is 0. The number of carboxylic acids is 1. The van der Waals surface area contributed by atoms with Crippen molar-refractivity contribution < 1.29 is 18.3 Å². The van der Waals surface area contributed by atoms with E-state index in [1.54, 1.807) is 0 Å². The van der Waals surface area contributed by atoms with Crippen molar-refractivity contribution in [2.24, 2.45) is 5.73 Å². The van der Waals surface area contributed by atoms with Gasteiger partial charge < -0.3 is 10.8 Å². The molecule has 0 saturated heterocycles. The Kier molecular flexibility index (Phi) is 5.66. The summed E-state index contributed by atoms with van der Waals surface area (Å²) in [5, 5.41) is 8.33. The first kappa shape index (κ1) is 13.3. The van der Waals surface area contributed by atoms with Crippen LogP contribution in [0, 0.1) is 0 Å². The van der Waals surface area contributed by atoms with Gasteiger partial charge in [-0.25, -0.2) is 12.7 Å². The van der Waals surface area contributed by atoms with Gasteiger partial charge in [-0.15, -0.1) is 0 Å². The van der Waals surface area contributed by atoms with Gasteiger partial charge in [0, 0.05) is 13.6 Å². The van der Waals surface area contributed by atoms with Crippen LogP contribution < -0.4 is 5.73 Å². The normalized spacial score (nSPS) is 11.9. The molecule has 0 aliphatic rings. The fourth-order valence-corrected chi connectivity index (χ4v) is 1.98.